The molecule has 1 unspecified atom stereocenters. The van der Waals surface area contributed by atoms with E-state index < -0.39 is 0 Å². The maximum absolute atomic E-state index is 5.44. The predicted octanol–water partition coefficient (Wildman–Crippen LogP) is 2.62. The lowest BCUT2D eigenvalue weighted by molar-refractivity contribution is -0.00482. The molecule has 96 valence electrons. The molecule has 2 aromatic heterocycles. The summed E-state index contributed by atoms with van der Waals surface area (Å²) < 4.78 is 10.8. The molecule has 3 rings (SSSR count). The van der Waals surface area contributed by atoms with Gasteiger partial charge in [0.2, 0.25) is 0 Å². The van der Waals surface area contributed by atoms with Crippen LogP contribution in [-0.4, -0.2) is 35.7 Å². The van der Waals surface area contributed by atoms with Crippen molar-refractivity contribution < 1.29 is 9.15 Å². The van der Waals surface area contributed by atoms with Gasteiger partial charge in [-0.25, -0.2) is 4.98 Å². The fraction of sp³-hybridized carbons (Fsp3) is 0.462. The topological polar surface area (TPSA) is 38.5 Å². The van der Waals surface area contributed by atoms with E-state index in [4.69, 9.17) is 9.15 Å². The molecule has 0 radical (unpaired) electrons. The van der Waals surface area contributed by atoms with Crippen LogP contribution in [0.2, 0.25) is 0 Å². The van der Waals surface area contributed by atoms with Crippen LogP contribution in [0.1, 0.15) is 12.6 Å². The number of morpholine rings is 1. The molecule has 1 atom stereocenters. The Morgan fingerprint density at radius 3 is 3.28 bits per heavy atom. The number of hydrogen-bond acceptors (Lipinski definition) is 5. The summed E-state index contributed by atoms with van der Waals surface area (Å²) in [7, 11) is 0. The van der Waals surface area contributed by atoms with Gasteiger partial charge in [0.05, 0.1) is 25.2 Å². The number of furan rings is 1. The highest BCUT2D eigenvalue weighted by Gasteiger charge is 2.20. The molecular formula is C13H16N2O2S. The first-order valence-electron chi connectivity index (χ1n) is 6.13. The van der Waals surface area contributed by atoms with E-state index in [0.717, 1.165) is 42.8 Å². The summed E-state index contributed by atoms with van der Waals surface area (Å²) in [6, 6.07) is 4.30. The minimum absolute atomic E-state index is 0.465. The highest BCUT2D eigenvalue weighted by Crippen LogP contribution is 2.25. The lowest BCUT2D eigenvalue weighted by atomic mass is 10.2. The monoisotopic (exact) mass is 264 g/mol. The van der Waals surface area contributed by atoms with Crippen LogP contribution in [0.4, 0.5) is 0 Å². The van der Waals surface area contributed by atoms with Gasteiger partial charge in [-0.05, 0) is 19.1 Å². The van der Waals surface area contributed by atoms with Gasteiger partial charge in [-0.3, -0.25) is 4.90 Å². The van der Waals surface area contributed by atoms with Crippen molar-refractivity contribution in [3.63, 3.8) is 0 Å². The number of nitrogens with zero attached hydrogens (tertiary/aromatic N) is 2. The third-order valence-electron chi connectivity index (χ3n) is 3.15. The second kappa shape index (κ2) is 5.22. The molecule has 5 heteroatoms. The summed E-state index contributed by atoms with van der Waals surface area (Å²) in [5.74, 6) is 0.848. The lowest BCUT2D eigenvalue weighted by Crippen LogP contribution is -2.42. The molecule has 0 spiro atoms. The Balaban J connectivity index is 1.70. The molecule has 0 N–H and O–H groups in total. The quantitative estimate of drug-likeness (QED) is 0.854. The van der Waals surface area contributed by atoms with E-state index >= 15 is 0 Å². The first-order valence-corrected chi connectivity index (χ1v) is 7.01. The van der Waals surface area contributed by atoms with Gasteiger partial charge in [0, 0.05) is 24.5 Å². The summed E-state index contributed by atoms with van der Waals surface area (Å²) in [6.07, 6.45) is 1.68. The molecule has 1 aliphatic heterocycles. The van der Waals surface area contributed by atoms with E-state index in [1.807, 2.05) is 12.1 Å². The zero-order valence-electron chi connectivity index (χ0n) is 10.3. The van der Waals surface area contributed by atoms with Gasteiger partial charge in [-0.15, -0.1) is 11.3 Å². The Labute approximate surface area is 110 Å². The van der Waals surface area contributed by atoms with Crippen LogP contribution >= 0.6 is 11.3 Å². The molecule has 1 fully saturated rings. The number of rotatable bonds is 3. The number of hydrogen-bond donors (Lipinski definition) is 0. The van der Waals surface area contributed by atoms with Crippen LogP contribution in [0.15, 0.2) is 28.2 Å². The maximum Gasteiger partial charge on any atom is 0.162 e. The van der Waals surface area contributed by atoms with Crippen LogP contribution < -0.4 is 0 Å². The second-order valence-corrected chi connectivity index (χ2v) is 5.37. The minimum atomic E-state index is 0.465. The van der Waals surface area contributed by atoms with Crippen molar-refractivity contribution in [2.75, 3.05) is 19.8 Å². The van der Waals surface area contributed by atoms with Crippen molar-refractivity contribution in [2.45, 2.75) is 19.5 Å². The van der Waals surface area contributed by atoms with Crippen molar-refractivity contribution in [3.8, 4) is 10.8 Å². The van der Waals surface area contributed by atoms with E-state index in [1.165, 1.54) is 0 Å². The van der Waals surface area contributed by atoms with Gasteiger partial charge < -0.3 is 9.15 Å². The van der Waals surface area contributed by atoms with Gasteiger partial charge in [-0.2, -0.15) is 0 Å². The van der Waals surface area contributed by atoms with Crippen LogP contribution in [0.3, 0.4) is 0 Å². The molecule has 18 heavy (non-hydrogen) atoms. The molecule has 1 saturated heterocycles. The van der Waals surface area contributed by atoms with Gasteiger partial charge in [0.25, 0.3) is 0 Å². The van der Waals surface area contributed by atoms with E-state index in [1.54, 1.807) is 17.6 Å². The van der Waals surface area contributed by atoms with Crippen molar-refractivity contribution >= 4 is 11.3 Å². The molecular weight excluding hydrogens is 248 g/mol. The van der Waals surface area contributed by atoms with Gasteiger partial charge in [0.1, 0.15) is 0 Å². The van der Waals surface area contributed by atoms with Crippen molar-refractivity contribution in [1.82, 2.24) is 9.88 Å². The number of aromatic nitrogens is 1. The van der Waals surface area contributed by atoms with Crippen LogP contribution in [0.25, 0.3) is 10.8 Å². The predicted molar refractivity (Wildman–Crippen MR) is 70.5 cm³/mol. The molecule has 0 aromatic carbocycles. The first kappa shape index (κ1) is 11.9. The minimum Gasteiger partial charge on any atom is -0.462 e. The highest BCUT2D eigenvalue weighted by molar-refractivity contribution is 7.13. The van der Waals surface area contributed by atoms with E-state index in [9.17, 15) is 0 Å². The van der Waals surface area contributed by atoms with Crippen LogP contribution in [0, 0.1) is 0 Å². The fourth-order valence-corrected chi connectivity index (χ4v) is 2.87. The molecule has 2 aromatic rings. The molecule has 4 nitrogen and oxygen atoms in total. The normalized spacial score (nSPS) is 21.3. The average molecular weight is 264 g/mol. The SMILES string of the molecule is CC1COCCN1Cc1csc(-c2ccco2)n1. The largest absolute Gasteiger partial charge is 0.462 e. The third-order valence-corrected chi connectivity index (χ3v) is 4.06. The number of thiazole rings is 1. The van der Waals surface area contributed by atoms with Crippen molar-refractivity contribution in [2.24, 2.45) is 0 Å². The Kier molecular flexibility index (Phi) is 3.45. The van der Waals surface area contributed by atoms with Crippen molar-refractivity contribution in [1.29, 1.82) is 0 Å². The van der Waals surface area contributed by atoms with Crippen LogP contribution in [-0.2, 0) is 11.3 Å². The molecule has 0 bridgehead atoms. The molecule has 3 heterocycles. The molecule has 1 aliphatic rings. The molecule has 0 saturated carbocycles. The first-order chi connectivity index (χ1) is 8.83. The van der Waals surface area contributed by atoms with E-state index in [0.29, 0.717) is 6.04 Å². The van der Waals surface area contributed by atoms with Crippen molar-refractivity contribution in [3.05, 3.63) is 29.5 Å². The Morgan fingerprint density at radius 1 is 1.56 bits per heavy atom. The summed E-state index contributed by atoms with van der Waals surface area (Å²) in [4.78, 5) is 7.03. The average Bonchev–Trinajstić information content (AvgIpc) is 3.02. The van der Waals surface area contributed by atoms with Gasteiger partial charge in [0.15, 0.2) is 10.8 Å². The zero-order valence-corrected chi connectivity index (χ0v) is 11.2. The fourth-order valence-electron chi connectivity index (χ4n) is 2.10. The Morgan fingerprint density at radius 2 is 2.50 bits per heavy atom. The lowest BCUT2D eigenvalue weighted by Gasteiger charge is -2.32. The summed E-state index contributed by atoms with van der Waals surface area (Å²) in [6.45, 7) is 5.70. The second-order valence-electron chi connectivity index (χ2n) is 4.52. The summed E-state index contributed by atoms with van der Waals surface area (Å²) >= 11 is 1.63. The standard InChI is InChI=1S/C13H16N2O2S/c1-10-8-16-6-4-15(10)7-11-9-18-13(14-11)12-3-2-5-17-12/h2-3,5,9-10H,4,6-8H2,1H3. The molecule has 0 amide bonds. The van der Waals surface area contributed by atoms with Gasteiger partial charge >= 0.3 is 0 Å². The summed E-state index contributed by atoms with van der Waals surface area (Å²) in [5, 5.41) is 3.07. The van der Waals surface area contributed by atoms with E-state index in [2.05, 4.69) is 22.2 Å². The smallest absolute Gasteiger partial charge is 0.162 e. The van der Waals surface area contributed by atoms with E-state index in [-0.39, 0.29) is 0 Å². The maximum atomic E-state index is 5.44. The third kappa shape index (κ3) is 2.48. The summed E-state index contributed by atoms with van der Waals surface area (Å²) in [5.41, 5.74) is 1.11. The molecule has 0 aliphatic carbocycles. The highest BCUT2D eigenvalue weighted by atomic mass is 32.1. The van der Waals surface area contributed by atoms with Crippen LogP contribution in [0.5, 0.6) is 0 Å². The Bertz CT molecular complexity index is 495. The van der Waals surface area contributed by atoms with Gasteiger partial charge in [-0.1, -0.05) is 0 Å². The number of ether oxygens (including phenoxy) is 1. The zero-order chi connectivity index (χ0) is 12.4. The Hall–Kier alpha value is -1.17.